The summed E-state index contributed by atoms with van der Waals surface area (Å²) in [5.41, 5.74) is -0.542. The van der Waals surface area contributed by atoms with Crippen LogP contribution in [0.25, 0.3) is 0 Å². The molecule has 0 spiro atoms. The molecule has 0 aliphatic heterocycles. The van der Waals surface area contributed by atoms with Crippen molar-refractivity contribution in [3.05, 3.63) is 71.8 Å². The average molecular weight is 505 g/mol. The predicted molar refractivity (Wildman–Crippen MR) is 132 cm³/mol. The van der Waals surface area contributed by atoms with E-state index in [0.29, 0.717) is 28.0 Å². The van der Waals surface area contributed by atoms with Gasteiger partial charge in [0, 0.05) is 16.8 Å². The fourth-order valence-electron chi connectivity index (χ4n) is 2.94. The third kappa shape index (κ3) is 6.12. The number of amides is 1. The molecular weight excluding hydrogens is 480 g/mol. The quantitative estimate of drug-likeness (QED) is 0.427. The van der Waals surface area contributed by atoms with Crippen molar-refractivity contribution in [1.29, 1.82) is 0 Å². The minimum atomic E-state index is -3.92. The van der Waals surface area contributed by atoms with Crippen molar-refractivity contribution in [2.75, 3.05) is 24.3 Å². The van der Waals surface area contributed by atoms with Crippen molar-refractivity contribution in [2.45, 2.75) is 24.3 Å². The van der Waals surface area contributed by atoms with Crippen molar-refractivity contribution in [3.63, 3.8) is 0 Å². The molecular formula is C24H25ClN2O6S. The van der Waals surface area contributed by atoms with E-state index >= 15 is 0 Å². The lowest BCUT2D eigenvalue weighted by molar-refractivity contribution is -0.128. The molecule has 10 heteroatoms. The number of anilines is 2. The predicted octanol–water partition coefficient (Wildman–Crippen LogP) is 4.95. The maximum atomic E-state index is 12.9. The van der Waals surface area contributed by atoms with Crippen molar-refractivity contribution < 1.29 is 27.4 Å². The highest BCUT2D eigenvalue weighted by molar-refractivity contribution is 7.92. The summed E-state index contributed by atoms with van der Waals surface area (Å²) in [6.07, 6.45) is 0. The summed E-state index contributed by atoms with van der Waals surface area (Å²) in [5.74, 6) is 0.901. The zero-order valence-electron chi connectivity index (χ0n) is 19.1. The van der Waals surface area contributed by atoms with Crippen LogP contribution in [-0.4, -0.2) is 34.1 Å². The first-order valence-electron chi connectivity index (χ1n) is 10.1. The normalized spacial score (nSPS) is 11.4. The first-order valence-corrected chi connectivity index (χ1v) is 12.0. The number of hydrogen-bond donors (Lipinski definition) is 2. The molecule has 180 valence electrons. The van der Waals surface area contributed by atoms with Gasteiger partial charge in [-0.05, 0) is 74.5 Å². The number of methoxy groups -OCH3 is 2. The topological polar surface area (TPSA) is 103 Å². The number of nitrogens with one attached hydrogen (secondary N) is 2. The van der Waals surface area contributed by atoms with Crippen LogP contribution in [-0.2, 0) is 14.8 Å². The number of sulfonamides is 1. The van der Waals surface area contributed by atoms with E-state index in [1.54, 1.807) is 50.2 Å². The number of carbonyl (C=O) groups is 1. The molecule has 3 aromatic carbocycles. The Kier molecular flexibility index (Phi) is 7.58. The molecule has 2 N–H and O–H groups in total. The molecule has 0 bridgehead atoms. The maximum Gasteiger partial charge on any atom is 0.267 e. The molecule has 8 nitrogen and oxygen atoms in total. The zero-order valence-corrected chi connectivity index (χ0v) is 20.7. The van der Waals surface area contributed by atoms with E-state index in [-0.39, 0.29) is 10.6 Å². The Morgan fingerprint density at radius 2 is 1.50 bits per heavy atom. The molecule has 3 rings (SSSR count). The van der Waals surface area contributed by atoms with Crippen LogP contribution < -0.4 is 24.2 Å². The van der Waals surface area contributed by atoms with Crippen molar-refractivity contribution in [3.8, 4) is 17.2 Å². The van der Waals surface area contributed by atoms with Crippen LogP contribution in [0.15, 0.2) is 71.6 Å². The summed E-state index contributed by atoms with van der Waals surface area (Å²) in [6, 6.07) is 17.2. The zero-order chi connectivity index (χ0) is 24.9. The number of halogens is 1. The molecule has 34 heavy (non-hydrogen) atoms. The van der Waals surface area contributed by atoms with Gasteiger partial charge in [-0.1, -0.05) is 11.6 Å². The molecule has 1 amide bonds. The van der Waals surface area contributed by atoms with E-state index in [1.807, 2.05) is 0 Å². The van der Waals surface area contributed by atoms with E-state index in [1.165, 1.54) is 44.6 Å². The van der Waals surface area contributed by atoms with Gasteiger partial charge in [0.1, 0.15) is 17.2 Å². The summed E-state index contributed by atoms with van der Waals surface area (Å²) < 4.78 is 44.4. The van der Waals surface area contributed by atoms with E-state index in [9.17, 15) is 13.2 Å². The summed E-state index contributed by atoms with van der Waals surface area (Å²) >= 11 is 5.88. The van der Waals surface area contributed by atoms with Gasteiger partial charge in [-0.3, -0.25) is 9.52 Å². The van der Waals surface area contributed by atoms with Crippen LogP contribution in [0.2, 0.25) is 5.02 Å². The highest BCUT2D eigenvalue weighted by Gasteiger charge is 2.30. The molecule has 0 unspecified atom stereocenters. The fraction of sp³-hybridized carbons (Fsp3) is 0.208. The largest absolute Gasteiger partial charge is 0.497 e. The van der Waals surface area contributed by atoms with Gasteiger partial charge in [0.2, 0.25) is 0 Å². The Bertz CT molecular complexity index is 1260. The van der Waals surface area contributed by atoms with Gasteiger partial charge in [-0.25, -0.2) is 8.42 Å². The van der Waals surface area contributed by atoms with Gasteiger partial charge in [-0.2, -0.15) is 0 Å². The highest BCUT2D eigenvalue weighted by Crippen LogP contribution is 2.31. The van der Waals surface area contributed by atoms with Gasteiger partial charge in [0.05, 0.1) is 24.8 Å². The lowest BCUT2D eigenvalue weighted by atomic mass is 10.1. The third-order valence-electron chi connectivity index (χ3n) is 4.81. The maximum absolute atomic E-state index is 12.9. The highest BCUT2D eigenvalue weighted by atomic mass is 35.5. The number of ether oxygens (including phenoxy) is 3. The van der Waals surface area contributed by atoms with Crippen molar-refractivity contribution >= 4 is 38.9 Å². The lowest BCUT2D eigenvalue weighted by Crippen LogP contribution is -2.42. The van der Waals surface area contributed by atoms with E-state index in [2.05, 4.69) is 10.0 Å². The monoisotopic (exact) mass is 504 g/mol. The van der Waals surface area contributed by atoms with Crippen LogP contribution in [0.1, 0.15) is 13.8 Å². The number of hydrogen-bond acceptors (Lipinski definition) is 6. The molecule has 0 aliphatic rings. The number of benzene rings is 3. The second kappa shape index (κ2) is 10.2. The van der Waals surface area contributed by atoms with Crippen LogP contribution in [0.3, 0.4) is 0 Å². The Morgan fingerprint density at radius 1 is 0.882 bits per heavy atom. The van der Waals surface area contributed by atoms with Gasteiger partial charge in [0.15, 0.2) is 5.60 Å². The standard InChI is InChI=1S/C24H25ClN2O6S/c1-24(2,33-18-9-5-16(25)6-10-18)23(28)26-17-7-12-20(13-8-17)34(29,30)27-21-15-19(31-3)11-14-22(21)32-4/h5-15,27H,1-4H3,(H,26,28). The molecule has 0 heterocycles. The Labute approximate surface area is 203 Å². The first kappa shape index (κ1) is 25.2. The first-order chi connectivity index (χ1) is 16.0. The molecule has 0 saturated carbocycles. The van der Waals surface area contributed by atoms with E-state index < -0.39 is 21.5 Å². The number of rotatable bonds is 9. The Morgan fingerprint density at radius 3 is 2.09 bits per heavy atom. The molecule has 0 aliphatic carbocycles. The minimum absolute atomic E-state index is 0.00652. The number of carbonyl (C=O) groups excluding carboxylic acids is 1. The smallest absolute Gasteiger partial charge is 0.267 e. The molecule has 0 atom stereocenters. The second-order valence-electron chi connectivity index (χ2n) is 7.72. The summed E-state index contributed by atoms with van der Waals surface area (Å²) in [5, 5.41) is 3.29. The summed E-state index contributed by atoms with van der Waals surface area (Å²) in [6.45, 7) is 3.25. The summed E-state index contributed by atoms with van der Waals surface area (Å²) in [4.78, 5) is 12.7. The van der Waals surface area contributed by atoms with Crippen LogP contribution in [0.4, 0.5) is 11.4 Å². The lowest BCUT2D eigenvalue weighted by Gasteiger charge is -2.25. The Balaban J connectivity index is 1.71. The fourth-order valence-corrected chi connectivity index (χ4v) is 4.13. The van der Waals surface area contributed by atoms with Gasteiger partial charge in [0.25, 0.3) is 15.9 Å². The SMILES string of the molecule is COc1ccc(OC)c(NS(=O)(=O)c2ccc(NC(=O)C(C)(C)Oc3ccc(Cl)cc3)cc2)c1. The molecule has 0 aromatic heterocycles. The average Bonchev–Trinajstić information content (AvgIpc) is 2.80. The molecule has 0 radical (unpaired) electrons. The molecule has 3 aromatic rings. The Hall–Kier alpha value is -3.43. The second-order valence-corrected chi connectivity index (χ2v) is 9.84. The minimum Gasteiger partial charge on any atom is -0.497 e. The van der Waals surface area contributed by atoms with Gasteiger partial charge >= 0.3 is 0 Å². The van der Waals surface area contributed by atoms with Gasteiger partial charge in [-0.15, -0.1) is 0 Å². The van der Waals surface area contributed by atoms with Crippen LogP contribution >= 0.6 is 11.6 Å². The van der Waals surface area contributed by atoms with Crippen molar-refractivity contribution in [1.82, 2.24) is 0 Å². The molecule has 0 fully saturated rings. The van der Waals surface area contributed by atoms with Crippen LogP contribution in [0, 0.1) is 0 Å². The van der Waals surface area contributed by atoms with Crippen molar-refractivity contribution in [2.24, 2.45) is 0 Å². The van der Waals surface area contributed by atoms with Crippen LogP contribution in [0.5, 0.6) is 17.2 Å². The summed E-state index contributed by atoms with van der Waals surface area (Å²) in [7, 11) is -1.00. The van der Waals surface area contributed by atoms with Gasteiger partial charge < -0.3 is 19.5 Å². The van der Waals surface area contributed by atoms with E-state index in [0.717, 1.165) is 0 Å². The third-order valence-corrected chi connectivity index (χ3v) is 6.44. The van der Waals surface area contributed by atoms with E-state index in [4.69, 9.17) is 25.8 Å². The molecule has 0 saturated heterocycles.